The summed E-state index contributed by atoms with van der Waals surface area (Å²) in [5.74, 6) is -0.365. The number of carbonyl (C=O) groups excluding carboxylic acids is 1. The average Bonchev–Trinajstić information content (AvgIpc) is 2.94. The van der Waals surface area contributed by atoms with Gasteiger partial charge in [0.1, 0.15) is 5.65 Å². The maximum Gasteiger partial charge on any atom is 0.251 e. The molecule has 1 N–H and O–H groups in total. The van der Waals surface area contributed by atoms with E-state index in [4.69, 9.17) is 11.6 Å². The Morgan fingerprint density at radius 1 is 1.25 bits per heavy atom. The van der Waals surface area contributed by atoms with Crippen LogP contribution in [0, 0.1) is 0 Å². The van der Waals surface area contributed by atoms with Crippen molar-refractivity contribution in [2.75, 3.05) is 6.26 Å². The third-order valence-corrected chi connectivity index (χ3v) is 4.75. The van der Waals surface area contributed by atoms with E-state index in [1.807, 2.05) is 0 Å². The van der Waals surface area contributed by atoms with Gasteiger partial charge in [-0.25, -0.2) is 13.4 Å². The van der Waals surface area contributed by atoms with E-state index in [-0.39, 0.29) is 22.9 Å². The van der Waals surface area contributed by atoms with Crippen molar-refractivity contribution < 1.29 is 13.2 Å². The van der Waals surface area contributed by atoms with E-state index in [1.165, 1.54) is 18.2 Å². The fraction of sp³-hybridized carbons (Fsp3) is 0.125. The van der Waals surface area contributed by atoms with Crippen molar-refractivity contribution in [1.82, 2.24) is 14.7 Å². The number of amides is 1. The van der Waals surface area contributed by atoms with Gasteiger partial charge in [0.25, 0.3) is 5.91 Å². The molecule has 0 spiro atoms. The van der Waals surface area contributed by atoms with Gasteiger partial charge in [-0.1, -0.05) is 17.7 Å². The maximum atomic E-state index is 12.2. The second-order valence-corrected chi connectivity index (χ2v) is 7.78. The summed E-state index contributed by atoms with van der Waals surface area (Å²) in [5, 5.41) is 3.32. The average molecular weight is 364 g/mol. The number of hydrogen-bond donors (Lipinski definition) is 1. The molecule has 0 saturated carbocycles. The third-order valence-electron chi connectivity index (χ3n) is 3.42. The number of rotatable bonds is 4. The van der Waals surface area contributed by atoms with E-state index in [0.717, 1.165) is 11.9 Å². The molecule has 0 unspecified atom stereocenters. The van der Waals surface area contributed by atoms with Crippen molar-refractivity contribution in [1.29, 1.82) is 0 Å². The minimum absolute atomic E-state index is 0.109. The SMILES string of the molecule is CS(=O)(=O)c1cccc(C(=O)NCc2cn3cc(Cl)ccc3n2)c1. The highest BCUT2D eigenvalue weighted by molar-refractivity contribution is 7.90. The molecule has 0 aliphatic rings. The smallest absolute Gasteiger partial charge is 0.251 e. The predicted molar refractivity (Wildman–Crippen MR) is 90.9 cm³/mol. The maximum absolute atomic E-state index is 12.2. The zero-order chi connectivity index (χ0) is 17.3. The van der Waals surface area contributed by atoms with Crippen LogP contribution in [0.3, 0.4) is 0 Å². The van der Waals surface area contributed by atoms with Gasteiger partial charge in [0.05, 0.1) is 22.2 Å². The highest BCUT2D eigenvalue weighted by Crippen LogP contribution is 2.13. The van der Waals surface area contributed by atoms with Gasteiger partial charge in [0, 0.05) is 24.2 Å². The Morgan fingerprint density at radius 3 is 2.79 bits per heavy atom. The van der Waals surface area contributed by atoms with Crippen molar-refractivity contribution in [2.45, 2.75) is 11.4 Å². The van der Waals surface area contributed by atoms with Crippen LogP contribution >= 0.6 is 11.6 Å². The molecular weight excluding hydrogens is 350 g/mol. The lowest BCUT2D eigenvalue weighted by molar-refractivity contribution is 0.0950. The minimum Gasteiger partial charge on any atom is -0.346 e. The summed E-state index contributed by atoms with van der Waals surface area (Å²) in [6.07, 6.45) is 4.60. The van der Waals surface area contributed by atoms with Crippen molar-refractivity contribution in [3.05, 3.63) is 65.1 Å². The molecule has 0 radical (unpaired) electrons. The first-order chi connectivity index (χ1) is 11.3. The topological polar surface area (TPSA) is 80.5 Å². The summed E-state index contributed by atoms with van der Waals surface area (Å²) in [6, 6.07) is 9.43. The van der Waals surface area contributed by atoms with Gasteiger partial charge in [-0.2, -0.15) is 0 Å². The summed E-state index contributed by atoms with van der Waals surface area (Å²) < 4.78 is 24.9. The molecular formula is C16H14ClN3O3S. The predicted octanol–water partition coefficient (Wildman–Crippen LogP) is 2.32. The Bertz CT molecular complexity index is 1030. The molecule has 3 aromatic rings. The number of benzene rings is 1. The number of aromatic nitrogens is 2. The van der Waals surface area contributed by atoms with Crippen LogP contribution in [0.15, 0.2) is 53.7 Å². The van der Waals surface area contributed by atoms with Gasteiger partial charge in [0.15, 0.2) is 9.84 Å². The number of hydrogen-bond acceptors (Lipinski definition) is 4. The highest BCUT2D eigenvalue weighted by Gasteiger charge is 2.12. The Morgan fingerprint density at radius 2 is 2.04 bits per heavy atom. The normalized spacial score (nSPS) is 11.6. The molecule has 1 aromatic carbocycles. The lowest BCUT2D eigenvalue weighted by atomic mass is 10.2. The zero-order valence-electron chi connectivity index (χ0n) is 12.7. The molecule has 0 atom stereocenters. The number of nitrogens with zero attached hydrogens (tertiary/aromatic N) is 2. The van der Waals surface area contributed by atoms with Gasteiger partial charge in [0.2, 0.25) is 0 Å². The van der Waals surface area contributed by atoms with E-state index in [9.17, 15) is 13.2 Å². The van der Waals surface area contributed by atoms with Gasteiger partial charge < -0.3 is 9.72 Å². The highest BCUT2D eigenvalue weighted by atomic mass is 35.5. The number of nitrogens with one attached hydrogen (secondary N) is 1. The Hall–Kier alpha value is -2.38. The van der Waals surface area contributed by atoms with Gasteiger partial charge >= 0.3 is 0 Å². The van der Waals surface area contributed by atoms with E-state index < -0.39 is 9.84 Å². The lowest BCUT2D eigenvalue weighted by Gasteiger charge is -2.05. The summed E-state index contributed by atoms with van der Waals surface area (Å²) in [7, 11) is -3.36. The van der Waals surface area contributed by atoms with E-state index in [0.29, 0.717) is 10.7 Å². The van der Waals surface area contributed by atoms with Crippen molar-refractivity contribution in [3.63, 3.8) is 0 Å². The molecule has 0 bridgehead atoms. The van der Waals surface area contributed by atoms with Crippen LogP contribution in [0.25, 0.3) is 5.65 Å². The van der Waals surface area contributed by atoms with Crippen molar-refractivity contribution in [2.24, 2.45) is 0 Å². The quantitative estimate of drug-likeness (QED) is 0.771. The van der Waals surface area contributed by atoms with E-state index in [2.05, 4.69) is 10.3 Å². The first-order valence-electron chi connectivity index (χ1n) is 7.04. The molecule has 3 rings (SSSR count). The largest absolute Gasteiger partial charge is 0.346 e. The molecule has 2 heterocycles. The summed E-state index contributed by atoms with van der Waals surface area (Å²) in [4.78, 5) is 16.7. The third kappa shape index (κ3) is 3.58. The number of carbonyl (C=O) groups is 1. The van der Waals surface area contributed by atoms with Gasteiger partial charge in [-0.15, -0.1) is 0 Å². The zero-order valence-corrected chi connectivity index (χ0v) is 14.3. The van der Waals surface area contributed by atoms with Gasteiger partial charge in [-0.05, 0) is 30.3 Å². The molecule has 0 aliphatic carbocycles. The van der Waals surface area contributed by atoms with Crippen LogP contribution in [0.2, 0.25) is 5.02 Å². The summed E-state index contributed by atoms with van der Waals surface area (Å²) in [5.41, 5.74) is 1.68. The molecule has 6 nitrogen and oxygen atoms in total. The minimum atomic E-state index is -3.36. The molecule has 8 heteroatoms. The van der Waals surface area contributed by atoms with Crippen LogP contribution in [-0.4, -0.2) is 30.0 Å². The molecule has 124 valence electrons. The number of halogens is 1. The van der Waals surface area contributed by atoms with Crippen LogP contribution in [0.5, 0.6) is 0 Å². The van der Waals surface area contributed by atoms with Crippen LogP contribution in [-0.2, 0) is 16.4 Å². The monoisotopic (exact) mass is 363 g/mol. The number of imidazole rings is 1. The Labute approximate surface area is 144 Å². The van der Waals surface area contributed by atoms with Crippen LogP contribution in [0.4, 0.5) is 0 Å². The first-order valence-corrected chi connectivity index (χ1v) is 9.31. The fourth-order valence-electron chi connectivity index (χ4n) is 2.24. The molecule has 2 aromatic heterocycles. The lowest BCUT2D eigenvalue weighted by Crippen LogP contribution is -2.23. The molecule has 0 fully saturated rings. The molecule has 0 aliphatic heterocycles. The second kappa shape index (κ2) is 6.26. The summed E-state index contributed by atoms with van der Waals surface area (Å²) in [6.45, 7) is 0.223. The van der Waals surface area contributed by atoms with E-state index in [1.54, 1.807) is 35.0 Å². The fourth-order valence-corrected chi connectivity index (χ4v) is 3.08. The van der Waals surface area contributed by atoms with Gasteiger partial charge in [-0.3, -0.25) is 4.79 Å². The molecule has 0 saturated heterocycles. The molecule has 1 amide bonds. The Kier molecular flexibility index (Phi) is 4.29. The number of sulfone groups is 1. The number of fused-ring (bicyclic) bond motifs is 1. The van der Waals surface area contributed by atoms with Crippen LogP contribution in [0.1, 0.15) is 16.1 Å². The first kappa shape index (κ1) is 16.5. The number of pyridine rings is 1. The summed E-state index contributed by atoms with van der Waals surface area (Å²) >= 11 is 5.92. The standard InChI is InChI=1S/C16H14ClN3O3S/c1-24(22,23)14-4-2-3-11(7-14)16(21)18-8-13-10-20-9-12(17)5-6-15(20)19-13/h2-7,9-10H,8H2,1H3,(H,18,21). The second-order valence-electron chi connectivity index (χ2n) is 5.33. The molecule has 24 heavy (non-hydrogen) atoms. The van der Waals surface area contributed by atoms with Crippen molar-refractivity contribution in [3.8, 4) is 0 Å². The van der Waals surface area contributed by atoms with Crippen molar-refractivity contribution >= 4 is 33.0 Å². The van der Waals surface area contributed by atoms with Crippen LogP contribution < -0.4 is 5.32 Å². The Balaban J connectivity index is 1.75. The van der Waals surface area contributed by atoms with E-state index >= 15 is 0 Å².